The van der Waals surface area contributed by atoms with Gasteiger partial charge in [-0.25, -0.2) is 0 Å². The highest BCUT2D eigenvalue weighted by Crippen LogP contribution is 2.25. The Morgan fingerprint density at radius 2 is 1.85 bits per heavy atom. The summed E-state index contributed by atoms with van der Waals surface area (Å²) in [6.07, 6.45) is 0.981. The number of carbonyl (C=O) groups excluding carboxylic acids is 1. The van der Waals surface area contributed by atoms with Crippen LogP contribution >= 0.6 is 15.9 Å². The van der Waals surface area contributed by atoms with Gasteiger partial charge in [0.2, 0.25) is 0 Å². The van der Waals surface area contributed by atoms with E-state index in [1.807, 2.05) is 24.3 Å². The topological polar surface area (TPSA) is 29.1 Å². The first-order valence-corrected chi connectivity index (χ1v) is 8.34. The molecular formula is C17H26BrNO. The Morgan fingerprint density at radius 1 is 1.25 bits per heavy atom. The third-order valence-electron chi connectivity index (χ3n) is 3.26. The Labute approximate surface area is 131 Å². The second-order valence-electron chi connectivity index (χ2n) is 6.75. The Balaban J connectivity index is 2.93. The van der Waals surface area contributed by atoms with E-state index >= 15 is 0 Å². The maximum absolute atomic E-state index is 12.5. The van der Waals surface area contributed by atoms with Crippen molar-refractivity contribution in [1.82, 2.24) is 5.32 Å². The van der Waals surface area contributed by atoms with Crippen LogP contribution in [-0.2, 0) is 5.41 Å². The van der Waals surface area contributed by atoms with Crippen LogP contribution in [0.2, 0.25) is 0 Å². The zero-order chi connectivity index (χ0) is 15.3. The summed E-state index contributed by atoms with van der Waals surface area (Å²) >= 11 is 3.49. The van der Waals surface area contributed by atoms with Crippen LogP contribution in [0, 0.1) is 5.92 Å². The highest BCUT2D eigenvalue weighted by molar-refractivity contribution is 9.09. The van der Waals surface area contributed by atoms with Gasteiger partial charge < -0.3 is 5.32 Å². The molecule has 0 aromatic heterocycles. The first-order valence-electron chi connectivity index (χ1n) is 7.22. The van der Waals surface area contributed by atoms with E-state index in [0.29, 0.717) is 5.92 Å². The normalized spacial score (nSPS) is 13.3. The average molecular weight is 340 g/mol. The van der Waals surface area contributed by atoms with Gasteiger partial charge in [-0.05, 0) is 29.4 Å². The summed E-state index contributed by atoms with van der Waals surface area (Å²) in [5.41, 5.74) is 1.85. The Hall–Kier alpha value is -0.830. The molecule has 1 N–H and O–H groups in total. The molecule has 2 nitrogen and oxygen atoms in total. The molecule has 112 valence electrons. The summed E-state index contributed by atoms with van der Waals surface area (Å²) < 4.78 is 0. The molecule has 20 heavy (non-hydrogen) atoms. The van der Waals surface area contributed by atoms with Crippen molar-refractivity contribution in [3.63, 3.8) is 0 Å². The minimum atomic E-state index is -0.0319. The zero-order valence-corrected chi connectivity index (χ0v) is 14.8. The molecule has 1 unspecified atom stereocenters. The molecule has 0 fully saturated rings. The van der Waals surface area contributed by atoms with E-state index < -0.39 is 0 Å². The third-order valence-corrected chi connectivity index (χ3v) is 4.04. The SMILES string of the molecule is CC(C)CC(CBr)NC(=O)c1ccccc1C(C)(C)C. The minimum Gasteiger partial charge on any atom is -0.348 e. The highest BCUT2D eigenvalue weighted by atomic mass is 79.9. The average Bonchev–Trinajstić information content (AvgIpc) is 2.36. The van der Waals surface area contributed by atoms with Crippen molar-refractivity contribution in [1.29, 1.82) is 0 Å². The van der Waals surface area contributed by atoms with Gasteiger partial charge in [-0.3, -0.25) is 4.79 Å². The fourth-order valence-corrected chi connectivity index (χ4v) is 2.75. The lowest BCUT2D eigenvalue weighted by atomic mass is 9.83. The quantitative estimate of drug-likeness (QED) is 0.785. The van der Waals surface area contributed by atoms with Gasteiger partial charge in [0.25, 0.3) is 5.91 Å². The fourth-order valence-electron chi connectivity index (χ4n) is 2.33. The predicted molar refractivity (Wildman–Crippen MR) is 89.6 cm³/mol. The molecule has 0 aliphatic carbocycles. The van der Waals surface area contributed by atoms with Crippen molar-refractivity contribution in [2.24, 2.45) is 5.92 Å². The summed E-state index contributed by atoms with van der Waals surface area (Å²) in [5, 5.41) is 3.93. The molecule has 1 rings (SSSR count). The number of alkyl halides is 1. The van der Waals surface area contributed by atoms with Gasteiger partial charge in [0.15, 0.2) is 0 Å². The van der Waals surface area contributed by atoms with Crippen LogP contribution in [0.1, 0.15) is 57.0 Å². The molecule has 0 saturated heterocycles. The molecule has 1 aromatic rings. The summed E-state index contributed by atoms with van der Waals surface area (Å²) in [5.74, 6) is 0.594. The van der Waals surface area contributed by atoms with E-state index in [4.69, 9.17) is 0 Å². The van der Waals surface area contributed by atoms with Gasteiger partial charge in [-0.1, -0.05) is 68.7 Å². The Bertz CT molecular complexity index is 449. The van der Waals surface area contributed by atoms with Gasteiger partial charge in [-0.15, -0.1) is 0 Å². The molecule has 0 aliphatic heterocycles. The van der Waals surface area contributed by atoms with Crippen LogP contribution in [0.4, 0.5) is 0 Å². The first-order chi connectivity index (χ1) is 9.25. The van der Waals surface area contributed by atoms with Crippen molar-refractivity contribution in [3.8, 4) is 0 Å². The minimum absolute atomic E-state index is 0.0284. The van der Waals surface area contributed by atoms with Crippen LogP contribution < -0.4 is 5.32 Å². The largest absolute Gasteiger partial charge is 0.348 e. The van der Waals surface area contributed by atoms with Crippen molar-refractivity contribution in [3.05, 3.63) is 35.4 Å². The van der Waals surface area contributed by atoms with E-state index in [1.54, 1.807) is 0 Å². The summed E-state index contributed by atoms with van der Waals surface area (Å²) in [4.78, 5) is 12.5. The van der Waals surface area contributed by atoms with Gasteiger partial charge >= 0.3 is 0 Å². The number of hydrogen-bond acceptors (Lipinski definition) is 1. The van der Waals surface area contributed by atoms with Crippen molar-refractivity contribution in [2.75, 3.05) is 5.33 Å². The van der Waals surface area contributed by atoms with Crippen LogP contribution in [0.15, 0.2) is 24.3 Å². The maximum Gasteiger partial charge on any atom is 0.251 e. The third kappa shape index (κ3) is 4.93. The van der Waals surface area contributed by atoms with E-state index in [9.17, 15) is 4.79 Å². The number of hydrogen-bond donors (Lipinski definition) is 1. The van der Waals surface area contributed by atoms with Crippen LogP contribution in [0.5, 0.6) is 0 Å². The lowest BCUT2D eigenvalue weighted by molar-refractivity contribution is 0.0935. The Kier molecular flexibility index (Phi) is 6.25. The summed E-state index contributed by atoms with van der Waals surface area (Å²) in [6.45, 7) is 10.7. The van der Waals surface area contributed by atoms with Crippen molar-refractivity contribution >= 4 is 21.8 Å². The number of rotatable bonds is 5. The van der Waals surface area contributed by atoms with Crippen LogP contribution in [0.3, 0.4) is 0 Å². The molecule has 3 heteroatoms. The number of benzene rings is 1. The van der Waals surface area contributed by atoms with E-state index in [0.717, 1.165) is 22.9 Å². The number of nitrogens with one attached hydrogen (secondary N) is 1. The predicted octanol–water partition coefficient (Wildman–Crippen LogP) is 4.52. The van der Waals surface area contributed by atoms with Crippen molar-refractivity contribution < 1.29 is 4.79 Å². The summed E-state index contributed by atoms with van der Waals surface area (Å²) in [7, 11) is 0. The molecule has 0 bridgehead atoms. The number of halogens is 1. The molecule has 0 heterocycles. The van der Waals surface area contributed by atoms with Gasteiger partial charge in [0.1, 0.15) is 0 Å². The highest BCUT2D eigenvalue weighted by Gasteiger charge is 2.22. The molecule has 0 radical (unpaired) electrons. The molecule has 1 amide bonds. The molecule has 0 saturated carbocycles. The standard InChI is InChI=1S/C17H26BrNO/c1-12(2)10-13(11-18)19-16(20)14-8-6-7-9-15(14)17(3,4)5/h6-9,12-13H,10-11H2,1-5H3,(H,19,20). The lowest BCUT2D eigenvalue weighted by Gasteiger charge is -2.24. The second-order valence-corrected chi connectivity index (χ2v) is 7.40. The molecule has 0 aliphatic rings. The monoisotopic (exact) mass is 339 g/mol. The van der Waals surface area contributed by atoms with Crippen LogP contribution in [0.25, 0.3) is 0 Å². The van der Waals surface area contributed by atoms with E-state index in [-0.39, 0.29) is 17.4 Å². The maximum atomic E-state index is 12.5. The lowest BCUT2D eigenvalue weighted by Crippen LogP contribution is -2.38. The number of carbonyl (C=O) groups is 1. The summed E-state index contributed by atoms with van der Waals surface area (Å²) in [6, 6.07) is 8.05. The molecule has 0 spiro atoms. The first kappa shape index (κ1) is 17.2. The molecule has 1 atom stereocenters. The van der Waals surface area contributed by atoms with Gasteiger partial charge in [-0.2, -0.15) is 0 Å². The number of amides is 1. The fraction of sp³-hybridized carbons (Fsp3) is 0.588. The van der Waals surface area contributed by atoms with Crippen LogP contribution in [-0.4, -0.2) is 17.3 Å². The smallest absolute Gasteiger partial charge is 0.251 e. The van der Waals surface area contributed by atoms with E-state index in [2.05, 4.69) is 55.9 Å². The van der Waals surface area contributed by atoms with Gasteiger partial charge in [0, 0.05) is 16.9 Å². The van der Waals surface area contributed by atoms with Crippen molar-refractivity contribution in [2.45, 2.75) is 52.5 Å². The van der Waals surface area contributed by atoms with E-state index in [1.165, 1.54) is 0 Å². The van der Waals surface area contributed by atoms with Gasteiger partial charge in [0.05, 0.1) is 0 Å². The second kappa shape index (κ2) is 7.26. The Morgan fingerprint density at radius 3 is 2.35 bits per heavy atom. The molecule has 1 aromatic carbocycles. The molecular weight excluding hydrogens is 314 g/mol. The zero-order valence-electron chi connectivity index (χ0n) is 13.2.